The average molecular weight is 295 g/mol. The predicted octanol–water partition coefficient (Wildman–Crippen LogP) is 2.47. The summed E-state index contributed by atoms with van der Waals surface area (Å²) >= 11 is 0. The minimum atomic E-state index is -0.523. The summed E-state index contributed by atoms with van der Waals surface area (Å²) in [6.07, 6.45) is 0. The van der Waals surface area contributed by atoms with E-state index >= 15 is 0 Å². The number of aliphatic hydroxyl groups is 1. The maximum Gasteiger partial charge on any atom is 0.321 e. The Balaban J connectivity index is 2.85. The van der Waals surface area contributed by atoms with Crippen LogP contribution in [0.3, 0.4) is 0 Å². The number of nitro groups is 1. The second kappa shape index (κ2) is 6.53. The Labute approximate surface area is 123 Å². The molecule has 0 aromatic heterocycles. The smallest absolute Gasteiger partial charge is 0.321 e. The van der Waals surface area contributed by atoms with E-state index in [-0.39, 0.29) is 23.8 Å². The van der Waals surface area contributed by atoms with Crippen molar-refractivity contribution in [2.45, 2.75) is 26.8 Å². The zero-order valence-electron chi connectivity index (χ0n) is 12.7. The van der Waals surface area contributed by atoms with Crippen LogP contribution < -0.4 is 5.32 Å². The number of nitrogens with zero attached hydrogens (tertiary/aromatic N) is 2. The van der Waals surface area contributed by atoms with E-state index < -0.39 is 11.0 Å². The van der Waals surface area contributed by atoms with E-state index in [1.54, 1.807) is 13.1 Å². The molecule has 7 heteroatoms. The Bertz CT molecular complexity index is 525. The van der Waals surface area contributed by atoms with Crippen molar-refractivity contribution in [3.8, 4) is 0 Å². The zero-order valence-corrected chi connectivity index (χ0v) is 12.7. The number of hydrogen-bond acceptors (Lipinski definition) is 4. The average Bonchev–Trinajstić information content (AvgIpc) is 2.37. The Morgan fingerprint density at radius 1 is 1.48 bits per heavy atom. The van der Waals surface area contributed by atoms with Crippen molar-refractivity contribution in [1.82, 2.24) is 4.90 Å². The number of aliphatic hydroxyl groups excluding tert-OH is 1. The van der Waals surface area contributed by atoms with Gasteiger partial charge in [0, 0.05) is 24.9 Å². The summed E-state index contributed by atoms with van der Waals surface area (Å²) in [5.74, 6) is 0. The summed E-state index contributed by atoms with van der Waals surface area (Å²) in [7, 11) is 1.58. The lowest BCUT2D eigenvalue weighted by Crippen LogP contribution is -2.48. The van der Waals surface area contributed by atoms with Crippen LogP contribution in [0.15, 0.2) is 24.3 Å². The molecule has 1 unspecified atom stereocenters. The molecule has 0 saturated carbocycles. The summed E-state index contributed by atoms with van der Waals surface area (Å²) in [5, 5.41) is 22.8. The van der Waals surface area contributed by atoms with Crippen molar-refractivity contribution in [2.24, 2.45) is 5.41 Å². The van der Waals surface area contributed by atoms with Crippen LogP contribution in [0, 0.1) is 15.5 Å². The molecular weight excluding hydrogens is 274 g/mol. The van der Waals surface area contributed by atoms with Gasteiger partial charge in [0.15, 0.2) is 0 Å². The molecule has 21 heavy (non-hydrogen) atoms. The van der Waals surface area contributed by atoms with Crippen LogP contribution in [0.2, 0.25) is 0 Å². The van der Waals surface area contributed by atoms with Crippen molar-refractivity contribution < 1.29 is 14.8 Å². The molecule has 0 radical (unpaired) electrons. The summed E-state index contributed by atoms with van der Waals surface area (Å²) in [6, 6.07) is 4.92. The van der Waals surface area contributed by atoms with Gasteiger partial charge in [-0.1, -0.05) is 26.8 Å². The van der Waals surface area contributed by atoms with E-state index in [4.69, 9.17) is 0 Å². The quantitative estimate of drug-likeness (QED) is 0.658. The van der Waals surface area contributed by atoms with Gasteiger partial charge in [0.1, 0.15) is 0 Å². The molecule has 7 nitrogen and oxygen atoms in total. The van der Waals surface area contributed by atoms with E-state index in [0.717, 1.165) is 0 Å². The number of amides is 2. The van der Waals surface area contributed by atoms with Crippen LogP contribution in [-0.2, 0) is 0 Å². The third-order valence-electron chi connectivity index (χ3n) is 3.27. The van der Waals surface area contributed by atoms with Gasteiger partial charge in [0.05, 0.1) is 17.6 Å². The normalized spacial score (nSPS) is 12.6. The Hall–Kier alpha value is -2.15. The first-order valence-electron chi connectivity index (χ1n) is 6.56. The highest BCUT2D eigenvalue weighted by Gasteiger charge is 2.30. The lowest BCUT2D eigenvalue weighted by molar-refractivity contribution is -0.384. The van der Waals surface area contributed by atoms with Crippen LogP contribution >= 0.6 is 0 Å². The Morgan fingerprint density at radius 3 is 2.57 bits per heavy atom. The fourth-order valence-electron chi connectivity index (χ4n) is 2.03. The molecule has 1 aromatic carbocycles. The number of carbonyl (C=O) groups is 1. The van der Waals surface area contributed by atoms with E-state index in [9.17, 15) is 20.0 Å². The molecule has 2 N–H and O–H groups in total. The maximum atomic E-state index is 12.2. The molecule has 0 heterocycles. The molecule has 116 valence electrons. The number of carbonyl (C=O) groups excluding carboxylic acids is 1. The fourth-order valence-corrected chi connectivity index (χ4v) is 2.03. The largest absolute Gasteiger partial charge is 0.394 e. The van der Waals surface area contributed by atoms with Crippen molar-refractivity contribution in [3.05, 3.63) is 34.4 Å². The first-order chi connectivity index (χ1) is 9.66. The first-order valence-corrected chi connectivity index (χ1v) is 6.56. The second-order valence-corrected chi connectivity index (χ2v) is 5.91. The van der Waals surface area contributed by atoms with Gasteiger partial charge in [-0.25, -0.2) is 4.79 Å². The topological polar surface area (TPSA) is 95.7 Å². The number of hydrogen-bond donors (Lipinski definition) is 2. The van der Waals surface area contributed by atoms with Gasteiger partial charge in [0.25, 0.3) is 5.69 Å². The number of non-ortho nitro benzene ring substituents is 1. The molecule has 1 aromatic rings. The number of nitro benzene ring substituents is 1. The number of benzene rings is 1. The molecule has 0 aliphatic carbocycles. The van der Waals surface area contributed by atoms with Gasteiger partial charge in [-0.2, -0.15) is 0 Å². The molecule has 0 saturated heterocycles. The fraction of sp³-hybridized carbons (Fsp3) is 0.500. The minimum absolute atomic E-state index is 0.0926. The Kier molecular flexibility index (Phi) is 5.26. The van der Waals surface area contributed by atoms with Crippen LogP contribution in [0.1, 0.15) is 20.8 Å². The number of rotatable bonds is 4. The molecular formula is C14H21N3O4. The predicted molar refractivity (Wildman–Crippen MR) is 80.2 cm³/mol. The summed E-state index contributed by atoms with van der Waals surface area (Å²) in [6.45, 7) is 5.60. The third-order valence-corrected chi connectivity index (χ3v) is 3.27. The van der Waals surface area contributed by atoms with Crippen molar-refractivity contribution >= 4 is 17.4 Å². The lowest BCUT2D eigenvalue weighted by Gasteiger charge is -2.36. The van der Waals surface area contributed by atoms with Gasteiger partial charge in [0.2, 0.25) is 0 Å². The number of anilines is 1. The van der Waals surface area contributed by atoms with Crippen LogP contribution in [0.5, 0.6) is 0 Å². The lowest BCUT2D eigenvalue weighted by atomic mass is 9.86. The molecule has 2 amide bonds. The van der Waals surface area contributed by atoms with Gasteiger partial charge in [-0.05, 0) is 11.5 Å². The van der Waals surface area contributed by atoms with E-state index in [2.05, 4.69) is 5.32 Å². The summed E-state index contributed by atoms with van der Waals surface area (Å²) in [5.41, 5.74) is -0.0413. The van der Waals surface area contributed by atoms with Crippen molar-refractivity contribution in [3.63, 3.8) is 0 Å². The van der Waals surface area contributed by atoms with E-state index in [1.165, 1.54) is 23.1 Å². The van der Waals surface area contributed by atoms with Crippen LogP contribution in [-0.4, -0.2) is 40.7 Å². The van der Waals surface area contributed by atoms with Crippen LogP contribution in [0.4, 0.5) is 16.2 Å². The molecule has 0 bridgehead atoms. The monoisotopic (exact) mass is 295 g/mol. The molecule has 0 fully saturated rings. The highest BCUT2D eigenvalue weighted by molar-refractivity contribution is 5.89. The number of urea groups is 1. The zero-order chi connectivity index (χ0) is 16.2. The van der Waals surface area contributed by atoms with Crippen molar-refractivity contribution in [1.29, 1.82) is 0 Å². The van der Waals surface area contributed by atoms with E-state index in [0.29, 0.717) is 5.69 Å². The SMILES string of the molecule is CN(C(=O)Nc1cccc([N+](=O)[O-])c1)C(CO)C(C)(C)C. The second-order valence-electron chi connectivity index (χ2n) is 5.91. The van der Waals surface area contributed by atoms with Crippen molar-refractivity contribution in [2.75, 3.05) is 19.0 Å². The molecule has 0 aliphatic rings. The van der Waals surface area contributed by atoms with E-state index in [1.807, 2.05) is 20.8 Å². The van der Waals surface area contributed by atoms with Gasteiger partial charge in [-0.3, -0.25) is 10.1 Å². The molecule has 1 atom stereocenters. The number of likely N-dealkylation sites (N-methyl/N-ethyl adjacent to an activating group) is 1. The summed E-state index contributed by atoms with van der Waals surface area (Å²) < 4.78 is 0. The Morgan fingerprint density at radius 2 is 2.10 bits per heavy atom. The number of nitrogens with one attached hydrogen (secondary N) is 1. The minimum Gasteiger partial charge on any atom is -0.394 e. The molecule has 0 aliphatic heterocycles. The van der Waals surface area contributed by atoms with Gasteiger partial charge >= 0.3 is 6.03 Å². The highest BCUT2D eigenvalue weighted by Crippen LogP contribution is 2.24. The molecule has 0 spiro atoms. The van der Waals surface area contributed by atoms with Gasteiger partial charge < -0.3 is 15.3 Å². The maximum absolute atomic E-state index is 12.2. The molecule has 1 rings (SSSR count). The van der Waals surface area contributed by atoms with Gasteiger partial charge in [-0.15, -0.1) is 0 Å². The highest BCUT2D eigenvalue weighted by atomic mass is 16.6. The summed E-state index contributed by atoms with van der Waals surface area (Å²) in [4.78, 5) is 23.8. The third kappa shape index (κ3) is 4.42. The first kappa shape index (κ1) is 16.9. The van der Waals surface area contributed by atoms with Crippen LogP contribution in [0.25, 0.3) is 0 Å². The standard InChI is InChI=1S/C14H21N3O4/c1-14(2,3)12(9-18)16(4)13(19)15-10-6-5-7-11(8-10)17(20)21/h5-8,12,18H,9H2,1-4H3,(H,15,19).